The zero-order valence-corrected chi connectivity index (χ0v) is 42.6. The molecule has 400 valence electrons. The molecule has 0 aromatic rings. The molecule has 0 bridgehead atoms. The van der Waals surface area contributed by atoms with E-state index < -0.39 is 86.8 Å². The maximum atomic E-state index is 13.2. The van der Waals surface area contributed by atoms with Crippen molar-refractivity contribution in [3.05, 3.63) is 24.3 Å². The van der Waals surface area contributed by atoms with E-state index in [4.69, 9.17) is 18.9 Å². The van der Waals surface area contributed by atoms with Crippen molar-refractivity contribution in [2.75, 3.05) is 19.8 Å². The van der Waals surface area contributed by atoms with Crippen molar-refractivity contribution < 1.29 is 64.6 Å². The van der Waals surface area contributed by atoms with Crippen LogP contribution in [0.4, 0.5) is 0 Å². The zero-order chi connectivity index (χ0) is 49.6. The lowest BCUT2D eigenvalue weighted by molar-refractivity contribution is -0.359. The van der Waals surface area contributed by atoms with E-state index in [1.165, 1.54) is 154 Å². The molecule has 68 heavy (non-hydrogen) atoms. The molecule has 0 radical (unpaired) electrons. The predicted molar refractivity (Wildman–Crippen MR) is 268 cm³/mol. The fourth-order valence-electron chi connectivity index (χ4n) is 9.11. The molecule has 2 aliphatic heterocycles. The van der Waals surface area contributed by atoms with Gasteiger partial charge < -0.3 is 65.1 Å². The van der Waals surface area contributed by atoms with Crippen LogP contribution in [0, 0.1) is 0 Å². The molecule has 2 rings (SSSR count). The van der Waals surface area contributed by atoms with Gasteiger partial charge in [-0.15, -0.1) is 0 Å². The van der Waals surface area contributed by atoms with Crippen LogP contribution in [0.5, 0.6) is 0 Å². The van der Waals surface area contributed by atoms with Gasteiger partial charge in [-0.1, -0.05) is 192 Å². The molecule has 14 nitrogen and oxygen atoms in total. The monoisotopic (exact) mass is 972 g/mol. The van der Waals surface area contributed by atoms with Crippen LogP contribution < -0.4 is 5.32 Å². The first-order valence-corrected chi connectivity index (χ1v) is 27.6. The van der Waals surface area contributed by atoms with Gasteiger partial charge in [-0.05, 0) is 44.9 Å². The highest BCUT2D eigenvalue weighted by Crippen LogP contribution is 2.30. The minimum Gasteiger partial charge on any atom is -0.394 e. The Morgan fingerprint density at radius 3 is 1.40 bits per heavy atom. The fourth-order valence-corrected chi connectivity index (χ4v) is 9.11. The Morgan fingerprint density at radius 2 is 0.926 bits per heavy atom. The van der Waals surface area contributed by atoms with E-state index in [9.17, 15) is 45.6 Å². The lowest BCUT2D eigenvalue weighted by Crippen LogP contribution is -2.65. The van der Waals surface area contributed by atoms with Crippen LogP contribution >= 0.6 is 0 Å². The SMILES string of the molecule is CCCCCCCC/C=C/CCCCCCCCCCCCCC(=O)N[C@@H](CO[C@@H]1O[C@H](CO)[C@@H](O[C@@H]2O[C@H](CO)[C@H](O)[C@H](O)[C@H]2O)[C@H](O)[C@H]1O)[C@H](O)/C=C/CCCCCCCCCCCCC. The van der Waals surface area contributed by atoms with Gasteiger partial charge in [-0.3, -0.25) is 4.79 Å². The molecule has 0 aromatic heterocycles. The van der Waals surface area contributed by atoms with Gasteiger partial charge in [0.05, 0.1) is 32.0 Å². The van der Waals surface area contributed by atoms with Crippen molar-refractivity contribution in [2.45, 2.75) is 293 Å². The highest BCUT2D eigenvalue weighted by atomic mass is 16.7. The minimum absolute atomic E-state index is 0.240. The van der Waals surface area contributed by atoms with Crippen molar-refractivity contribution in [1.82, 2.24) is 5.32 Å². The van der Waals surface area contributed by atoms with Gasteiger partial charge in [0.1, 0.15) is 48.8 Å². The third-order valence-corrected chi connectivity index (χ3v) is 13.6. The van der Waals surface area contributed by atoms with Gasteiger partial charge in [-0.25, -0.2) is 0 Å². The van der Waals surface area contributed by atoms with Gasteiger partial charge in [0.15, 0.2) is 12.6 Å². The summed E-state index contributed by atoms with van der Waals surface area (Å²) in [7, 11) is 0. The van der Waals surface area contributed by atoms with Crippen LogP contribution in [-0.2, 0) is 23.7 Å². The second kappa shape index (κ2) is 41.0. The molecule has 1 amide bonds. The number of rotatable bonds is 43. The number of allylic oxidation sites excluding steroid dienone is 3. The summed E-state index contributed by atoms with van der Waals surface area (Å²) in [6.07, 6.45) is 29.3. The molecule has 14 heteroatoms. The number of amides is 1. The maximum absolute atomic E-state index is 13.2. The smallest absolute Gasteiger partial charge is 0.220 e. The number of aliphatic hydroxyl groups is 8. The molecule has 2 heterocycles. The first kappa shape index (κ1) is 62.6. The number of nitrogens with one attached hydrogen (secondary N) is 1. The molecule has 2 aliphatic rings. The van der Waals surface area contributed by atoms with E-state index in [1.807, 2.05) is 6.08 Å². The summed E-state index contributed by atoms with van der Waals surface area (Å²) in [5, 5.41) is 86.8. The Kier molecular flexibility index (Phi) is 37.7. The Morgan fingerprint density at radius 1 is 0.515 bits per heavy atom. The Hall–Kier alpha value is -1.53. The van der Waals surface area contributed by atoms with Crippen LogP contribution in [0.15, 0.2) is 24.3 Å². The molecular formula is C54H101NO13. The van der Waals surface area contributed by atoms with Gasteiger partial charge in [-0.2, -0.15) is 0 Å². The largest absolute Gasteiger partial charge is 0.394 e. The maximum Gasteiger partial charge on any atom is 0.220 e. The van der Waals surface area contributed by atoms with E-state index in [1.54, 1.807) is 6.08 Å². The molecule has 2 saturated heterocycles. The van der Waals surface area contributed by atoms with Crippen molar-refractivity contribution >= 4 is 5.91 Å². The number of carbonyl (C=O) groups excluding carboxylic acids is 1. The third kappa shape index (κ3) is 27.3. The van der Waals surface area contributed by atoms with Gasteiger partial charge in [0, 0.05) is 6.42 Å². The first-order chi connectivity index (χ1) is 33.1. The van der Waals surface area contributed by atoms with E-state index in [0.717, 1.165) is 38.5 Å². The van der Waals surface area contributed by atoms with Gasteiger partial charge >= 0.3 is 0 Å². The van der Waals surface area contributed by atoms with Crippen molar-refractivity contribution in [3.63, 3.8) is 0 Å². The van der Waals surface area contributed by atoms with Crippen molar-refractivity contribution in [2.24, 2.45) is 0 Å². The quantitative estimate of drug-likeness (QED) is 0.0208. The summed E-state index contributed by atoms with van der Waals surface area (Å²) < 4.78 is 22.7. The second-order valence-electron chi connectivity index (χ2n) is 19.7. The van der Waals surface area contributed by atoms with E-state index in [0.29, 0.717) is 6.42 Å². The lowest BCUT2D eigenvalue weighted by atomic mass is 9.97. The average Bonchev–Trinajstić information content (AvgIpc) is 3.34. The van der Waals surface area contributed by atoms with Crippen molar-refractivity contribution in [1.29, 1.82) is 0 Å². The van der Waals surface area contributed by atoms with Crippen LogP contribution in [0.25, 0.3) is 0 Å². The summed E-state index contributed by atoms with van der Waals surface area (Å²) in [4.78, 5) is 13.2. The molecule has 0 aromatic carbocycles. The number of aliphatic hydroxyl groups excluding tert-OH is 8. The van der Waals surface area contributed by atoms with Crippen LogP contribution in [-0.4, -0.2) is 140 Å². The lowest BCUT2D eigenvalue weighted by Gasteiger charge is -2.46. The Bertz CT molecular complexity index is 1240. The highest BCUT2D eigenvalue weighted by molar-refractivity contribution is 5.76. The summed E-state index contributed by atoms with van der Waals surface area (Å²) in [6.45, 7) is 2.79. The summed E-state index contributed by atoms with van der Waals surface area (Å²) in [5.74, 6) is -0.240. The average molecular weight is 972 g/mol. The number of unbranched alkanes of at least 4 members (excludes halogenated alkanes) is 28. The first-order valence-electron chi connectivity index (χ1n) is 27.6. The van der Waals surface area contributed by atoms with Crippen LogP contribution in [0.2, 0.25) is 0 Å². The third-order valence-electron chi connectivity index (χ3n) is 13.6. The molecule has 0 aliphatic carbocycles. The zero-order valence-electron chi connectivity index (χ0n) is 42.6. The molecule has 0 spiro atoms. The van der Waals surface area contributed by atoms with E-state index >= 15 is 0 Å². The van der Waals surface area contributed by atoms with E-state index in [-0.39, 0.29) is 18.9 Å². The second-order valence-corrected chi connectivity index (χ2v) is 19.7. The standard InChI is InChI=1S/C54H101NO13/c1-3-5-7-9-11-13-15-17-18-19-20-21-22-23-24-26-28-30-32-34-36-38-46(59)55-42(43(58)37-35-33-31-29-27-25-16-14-12-10-8-6-4-2)41-65-53-51(64)49(62)52(45(40-57)67-53)68-54-50(63)48(61)47(60)44(39-56)66-54/h17-18,35,37,42-45,47-54,56-58,60-64H,3-16,19-34,36,38-41H2,1-2H3,(H,55,59)/b18-17+,37-35+/t42-,43+,44+,45+,47-,48-,49+,50+,51+,52+,53+,54-/m0/s1. The molecule has 2 fully saturated rings. The van der Waals surface area contributed by atoms with Crippen LogP contribution in [0.3, 0.4) is 0 Å². The molecule has 0 saturated carbocycles. The molecule has 12 atom stereocenters. The number of carbonyl (C=O) groups is 1. The fraction of sp³-hybridized carbons (Fsp3) is 0.907. The van der Waals surface area contributed by atoms with Crippen molar-refractivity contribution in [3.8, 4) is 0 Å². The van der Waals surface area contributed by atoms with Crippen LogP contribution in [0.1, 0.15) is 219 Å². The predicted octanol–water partition coefficient (Wildman–Crippen LogP) is 8.11. The Labute approximate surface area is 411 Å². The minimum atomic E-state index is -1.79. The summed E-state index contributed by atoms with van der Waals surface area (Å²) >= 11 is 0. The Balaban J connectivity index is 1.78. The molecule has 0 unspecified atom stereocenters. The van der Waals surface area contributed by atoms with Gasteiger partial charge in [0.25, 0.3) is 0 Å². The van der Waals surface area contributed by atoms with Gasteiger partial charge in [0.2, 0.25) is 5.91 Å². The highest BCUT2D eigenvalue weighted by Gasteiger charge is 2.51. The normalized spacial score (nSPS) is 26.5. The molecular weight excluding hydrogens is 871 g/mol. The molecule has 9 N–H and O–H groups in total. The summed E-state index contributed by atoms with van der Waals surface area (Å²) in [6, 6.07) is -0.911. The number of hydrogen-bond donors (Lipinski definition) is 9. The topological polar surface area (TPSA) is 228 Å². The number of hydrogen-bond acceptors (Lipinski definition) is 13. The summed E-state index contributed by atoms with van der Waals surface area (Å²) in [5.41, 5.74) is 0. The van der Waals surface area contributed by atoms with E-state index in [2.05, 4.69) is 31.3 Å². The number of ether oxygens (including phenoxy) is 4.